The lowest BCUT2D eigenvalue weighted by Crippen LogP contribution is -1.97. The van der Waals surface area contributed by atoms with Gasteiger partial charge in [0.2, 0.25) is 0 Å². The Labute approximate surface area is 110 Å². The Hall–Kier alpha value is -2.36. The van der Waals surface area contributed by atoms with Gasteiger partial charge in [0.15, 0.2) is 6.29 Å². The molecule has 0 fully saturated rings. The molecule has 0 saturated heterocycles. The van der Waals surface area contributed by atoms with Gasteiger partial charge in [0.05, 0.1) is 12.7 Å². The van der Waals surface area contributed by atoms with Crippen LogP contribution in [0.3, 0.4) is 0 Å². The van der Waals surface area contributed by atoms with Crippen LogP contribution in [-0.4, -0.2) is 13.4 Å². The molecule has 0 spiro atoms. The van der Waals surface area contributed by atoms with Gasteiger partial charge in [0, 0.05) is 6.07 Å². The zero-order valence-electron chi connectivity index (χ0n) is 10.4. The molecule has 0 aliphatic heterocycles. The second kappa shape index (κ2) is 6.00. The molecule has 0 aromatic heterocycles. The van der Waals surface area contributed by atoms with E-state index in [-0.39, 0.29) is 12.4 Å². The van der Waals surface area contributed by atoms with Crippen molar-refractivity contribution >= 4 is 6.29 Å². The number of benzene rings is 2. The molecule has 19 heavy (non-hydrogen) atoms. The molecule has 0 radical (unpaired) electrons. The van der Waals surface area contributed by atoms with Gasteiger partial charge >= 0.3 is 0 Å². The summed E-state index contributed by atoms with van der Waals surface area (Å²) in [5, 5.41) is 0. The number of hydrogen-bond acceptors (Lipinski definition) is 3. The minimum absolute atomic E-state index is 0.251. The molecule has 0 saturated carbocycles. The van der Waals surface area contributed by atoms with E-state index in [1.807, 2.05) is 0 Å². The lowest BCUT2D eigenvalue weighted by molar-refractivity contribution is 0.112. The van der Waals surface area contributed by atoms with Gasteiger partial charge in [-0.1, -0.05) is 12.1 Å². The molecule has 3 nitrogen and oxygen atoms in total. The Morgan fingerprint density at radius 3 is 2.74 bits per heavy atom. The number of halogens is 1. The number of carbonyl (C=O) groups excluding carboxylic acids is 1. The van der Waals surface area contributed by atoms with Crippen molar-refractivity contribution in [3.05, 3.63) is 59.4 Å². The lowest BCUT2D eigenvalue weighted by atomic mass is 10.2. The Kier molecular flexibility index (Phi) is 4.13. The Balaban J connectivity index is 2.09. The molecule has 0 unspecified atom stereocenters. The molecule has 98 valence electrons. The number of aldehydes is 1. The van der Waals surface area contributed by atoms with E-state index in [1.54, 1.807) is 30.3 Å². The van der Waals surface area contributed by atoms with Gasteiger partial charge in [-0.25, -0.2) is 4.39 Å². The van der Waals surface area contributed by atoms with E-state index in [0.717, 1.165) is 11.8 Å². The van der Waals surface area contributed by atoms with E-state index >= 15 is 0 Å². The Bertz CT molecular complexity index is 581. The first-order valence-electron chi connectivity index (χ1n) is 5.73. The lowest BCUT2D eigenvalue weighted by Gasteiger charge is -2.09. The molecule has 2 rings (SSSR count). The predicted molar refractivity (Wildman–Crippen MR) is 69.1 cm³/mol. The van der Waals surface area contributed by atoms with E-state index in [0.29, 0.717) is 17.1 Å². The molecular weight excluding hydrogens is 247 g/mol. The molecule has 0 aliphatic rings. The molecule has 2 aromatic carbocycles. The second-order valence-electron chi connectivity index (χ2n) is 3.94. The summed E-state index contributed by atoms with van der Waals surface area (Å²) in [6.07, 6.45) is 0.717. The van der Waals surface area contributed by atoms with Crippen LogP contribution in [0.2, 0.25) is 0 Å². The highest BCUT2D eigenvalue weighted by Crippen LogP contribution is 2.24. The van der Waals surface area contributed by atoms with Crippen LogP contribution < -0.4 is 9.47 Å². The largest absolute Gasteiger partial charge is 0.496 e. The smallest absolute Gasteiger partial charge is 0.153 e. The molecule has 0 aliphatic carbocycles. The maximum atomic E-state index is 13.0. The highest BCUT2D eigenvalue weighted by molar-refractivity contribution is 5.79. The third-order valence-electron chi connectivity index (χ3n) is 2.63. The van der Waals surface area contributed by atoms with Crippen molar-refractivity contribution in [3.8, 4) is 11.5 Å². The van der Waals surface area contributed by atoms with Crippen molar-refractivity contribution < 1.29 is 18.7 Å². The molecular formula is C15H13FO3. The van der Waals surface area contributed by atoms with Gasteiger partial charge in [-0.3, -0.25) is 4.79 Å². The molecule has 0 amide bonds. The SMILES string of the molecule is COc1cc(OCc2cccc(F)c2)ccc1C=O. The van der Waals surface area contributed by atoms with Crippen LogP contribution in [0, 0.1) is 5.82 Å². The van der Waals surface area contributed by atoms with Crippen LogP contribution in [0.5, 0.6) is 11.5 Å². The van der Waals surface area contributed by atoms with Crippen LogP contribution in [-0.2, 0) is 6.61 Å². The van der Waals surface area contributed by atoms with Crippen molar-refractivity contribution in [2.24, 2.45) is 0 Å². The van der Waals surface area contributed by atoms with Crippen molar-refractivity contribution in [1.29, 1.82) is 0 Å². The highest BCUT2D eigenvalue weighted by atomic mass is 19.1. The third-order valence-corrected chi connectivity index (χ3v) is 2.63. The molecule has 0 heterocycles. The fraction of sp³-hybridized carbons (Fsp3) is 0.133. The average Bonchev–Trinajstić information content (AvgIpc) is 2.45. The minimum Gasteiger partial charge on any atom is -0.496 e. The van der Waals surface area contributed by atoms with Crippen LogP contribution in [0.15, 0.2) is 42.5 Å². The first-order chi connectivity index (χ1) is 9.22. The monoisotopic (exact) mass is 260 g/mol. The molecule has 0 N–H and O–H groups in total. The van der Waals surface area contributed by atoms with Gasteiger partial charge < -0.3 is 9.47 Å². The summed E-state index contributed by atoms with van der Waals surface area (Å²) >= 11 is 0. The summed E-state index contributed by atoms with van der Waals surface area (Å²) < 4.78 is 23.6. The Morgan fingerprint density at radius 2 is 2.05 bits per heavy atom. The number of methoxy groups -OCH3 is 1. The zero-order valence-corrected chi connectivity index (χ0v) is 10.4. The first-order valence-corrected chi connectivity index (χ1v) is 5.73. The maximum Gasteiger partial charge on any atom is 0.153 e. The van der Waals surface area contributed by atoms with E-state index in [2.05, 4.69) is 0 Å². The predicted octanol–water partition coefficient (Wildman–Crippen LogP) is 3.23. The summed E-state index contributed by atoms with van der Waals surface area (Å²) in [6, 6.07) is 11.1. The van der Waals surface area contributed by atoms with Gasteiger partial charge in [-0.15, -0.1) is 0 Å². The van der Waals surface area contributed by atoms with E-state index in [4.69, 9.17) is 9.47 Å². The standard InChI is InChI=1S/C15H13FO3/c1-18-15-8-14(6-5-12(15)9-17)19-10-11-3-2-4-13(16)7-11/h2-9H,10H2,1H3. The van der Waals surface area contributed by atoms with Crippen molar-refractivity contribution in [3.63, 3.8) is 0 Å². The van der Waals surface area contributed by atoms with Crippen molar-refractivity contribution in [2.75, 3.05) is 7.11 Å². The van der Waals surface area contributed by atoms with Crippen molar-refractivity contribution in [2.45, 2.75) is 6.61 Å². The first kappa shape index (κ1) is 13.1. The molecule has 4 heteroatoms. The average molecular weight is 260 g/mol. The third kappa shape index (κ3) is 3.31. The van der Waals surface area contributed by atoms with Gasteiger partial charge in [0.25, 0.3) is 0 Å². The fourth-order valence-corrected chi connectivity index (χ4v) is 1.67. The normalized spacial score (nSPS) is 10.0. The highest BCUT2D eigenvalue weighted by Gasteiger charge is 2.04. The summed E-state index contributed by atoms with van der Waals surface area (Å²) in [5.74, 6) is 0.716. The number of ether oxygens (including phenoxy) is 2. The summed E-state index contributed by atoms with van der Waals surface area (Å²) in [4.78, 5) is 10.8. The fourth-order valence-electron chi connectivity index (χ4n) is 1.67. The quantitative estimate of drug-likeness (QED) is 0.774. The van der Waals surface area contributed by atoms with E-state index in [9.17, 15) is 9.18 Å². The van der Waals surface area contributed by atoms with Crippen molar-refractivity contribution in [1.82, 2.24) is 0 Å². The molecule has 0 bridgehead atoms. The number of carbonyl (C=O) groups is 1. The minimum atomic E-state index is -0.296. The maximum absolute atomic E-state index is 13.0. The number of rotatable bonds is 5. The van der Waals surface area contributed by atoms with Gasteiger partial charge in [-0.05, 0) is 29.8 Å². The number of hydrogen-bond donors (Lipinski definition) is 0. The Morgan fingerprint density at radius 1 is 1.21 bits per heavy atom. The second-order valence-corrected chi connectivity index (χ2v) is 3.94. The van der Waals surface area contributed by atoms with Gasteiger partial charge in [0.1, 0.15) is 23.9 Å². The zero-order chi connectivity index (χ0) is 13.7. The molecule has 0 atom stereocenters. The summed E-state index contributed by atoms with van der Waals surface area (Å²) in [6.45, 7) is 0.251. The van der Waals surface area contributed by atoms with Crippen LogP contribution in [0.1, 0.15) is 15.9 Å². The van der Waals surface area contributed by atoms with E-state index in [1.165, 1.54) is 19.2 Å². The van der Waals surface area contributed by atoms with Crippen LogP contribution >= 0.6 is 0 Å². The topological polar surface area (TPSA) is 35.5 Å². The summed E-state index contributed by atoms with van der Waals surface area (Å²) in [7, 11) is 1.48. The van der Waals surface area contributed by atoms with Gasteiger partial charge in [-0.2, -0.15) is 0 Å². The van der Waals surface area contributed by atoms with Crippen LogP contribution in [0.25, 0.3) is 0 Å². The molecule has 2 aromatic rings. The van der Waals surface area contributed by atoms with E-state index < -0.39 is 0 Å². The summed E-state index contributed by atoms with van der Waals surface area (Å²) in [5.41, 5.74) is 1.19. The van der Waals surface area contributed by atoms with Crippen LogP contribution in [0.4, 0.5) is 4.39 Å².